The maximum absolute atomic E-state index is 2.85. The Morgan fingerprint density at radius 2 is 1.79 bits per heavy atom. The minimum absolute atomic E-state index is 0.401. The van der Waals surface area contributed by atoms with Crippen LogP contribution in [-0.4, -0.2) is 32.3 Å². The highest BCUT2D eigenvalue weighted by Gasteiger charge is 2.63. The van der Waals surface area contributed by atoms with Gasteiger partial charge in [0, 0.05) is 32.3 Å². The highest BCUT2D eigenvalue weighted by molar-refractivity contribution is 7.68. The van der Waals surface area contributed by atoms with Gasteiger partial charge in [-0.2, -0.15) is 0 Å². The van der Waals surface area contributed by atoms with Gasteiger partial charge in [0.25, 0.3) is 0 Å². The van der Waals surface area contributed by atoms with E-state index in [1.54, 1.807) is 24.6 Å². The van der Waals surface area contributed by atoms with E-state index in [1.807, 2.05) is 0 Å². The first-order valence-electron chi connectivity index (χ1n) is 6.24. The Bertz CT molecular complexity index is 205. The van der Waals surface area contributed by atoms with Gasteiger partial charge in [0.2, 0.25) is 0 Å². The molecule has 4 aliphatic rings. The zero-order valence-electron chi connectivity index (χ0n) is 10.2. The molecule has 4 fully saturated rings. The summed E-state index contributed by atoms with van der Waals surface area (Å²) in [5, 5.41) is 0.985. The van der Waals surface area contributed by atoms with Crippen molar-refractivity contribution in [3.63, 3.8) is 0 Å². The van der Waals surface area contributed by atoms with Crippen molar-refractivity contribution in [2.75, 3.05) is 0 Å². The molecule has 14 heavy (non-hydrogen) atoms. The zero-order chi connectivity index (χ0) is 10.2. The van der Waals surface area contributed by atoms with Gasteiger partial charge in [0.15, 0.2) is 0 Å². The fourth-order valence-electron chi connectivity index (χ4n) is 6.93. The molecule has 4 rings (SSSR count). The molecule has 4 heteroatoms. The Labute approximate surface area is 94.3 Å². The van der Waals surface area contributed by atoms with Gasteiger partial charge >= 0.3 is 0 Å². The molecule has 0 aromatic heterocycles. The van der Waals surface area contributed by atoms with E-state index in [9.17, 15) is 0 Å². The third-order valence-electron chi connectivity index (χ3n) is 5.12. The van der Waals surface area contributed by atoms with E-state index < -0.39 is 14.7 Å². The van der Waals surface area contributed by atoms with E-state index in [-0.39, 0.29) is 0 Å². The van der Waals surface area contributed by atoms with E-state index in [2.05, 4.69) is 26.9 Å². The third-order valence-corrected chi connectivity index (χ3v) is 52.3. The van der Waals surface area contributed by atoms with Crippen LogP contribution in [0.3, 0.4) is 0 Å². The van der Waals surface area contributed by atoms with Crippen LogP contribution in [0.15, 0.2) is 0 Å². The standard InChI is InChI=1S/C10H24Si4/c1-9-5-10(2)8-13(3,6-9)12-14(4,7-9)11-10/h5-8,11-12H2,1-4H3. The van der Waals surface area contributed by atoms with E-state index >= 15 is 0 Å². The molecule has 4 unspecified atom stereocenters. The SMILES string of the molecule is CC12CC3(C)C[Si](C)(C1)[SiH2][Si](C)(C2)[SiH2]3. The summed E-state index contributed by atoms with van der Waals surface area (Å²) in [6.07, 6.45) is 1.66. The fourth-order valence-corrected chi connectivity index (χ4v) is 94.1. The molecule has 0 N–H and O–H groups in total. The molecule has 0 saturated carbocycles. The smallest absolute Gasteiger partial charge is 0.0351 e. The van der Waals surface area contributed by atoms with Crippen molar-refractivity contribution in [2.45, 2.75) is 56.5 Å². The van der Waals surface area contributed by atoms with Gasteiger partial charge < -0.3 is 0 Å². The van der Waals surface area contributed by atoms with Gasteiger partial charge in [-0.3, -0.25) is 0 Å². The maximum atomic E-state index is 2.85. The van der Waals surface area contributed by atoms with Crippen LogP contribution < -0.4 is 0 Å². The first-order chi connectivity index (χ1) is 6.24. The van der Waals surface area contributed by atoms with Crippen molar-refractivity contribution < 1.29 is 0 Å². The molecule has 0 aromatic carbocycles. The van der Waals surface area contributed by atoms with Crippen LogP contribution in [0, 0.1) is 5.41 Å². The topological polar surface area (TPSA) is 0 Å². The first-order valence-corrected chi connectivity index (χ1v) is 19.6. The normalized spacial score (nSPS) is 69.4. The molecule has 0 amide bonds. The van der Waals surface area contributed by atoms with Crippen LogP contribution in [0.2, 0.25) is 36.3 Å². The largest absolute Gasteiger partial charge is 0.0740 e. The lowest BCUT2D eigenvalue weighted by molar-refractivity contribution is 0.294. The number of hydrogen-bond acceptors (Lipinski definition) is 0. The summed E-state index contributed by atoms with van der Waals surface area (Å²) in [7, 11) is -0.154. The van der Waals surface area contributed by atoms with Crippen molar-refractivity contribution in [3.05, 3.63) is 0 Å². The molecule has 4 bridgehead atoms. The summed E-state index contributed by atoms with van der Waals surface area (Å²) >= 11 is 0. The van der Waals surface area contributed by atoms with Gasteiger partial charge in [-0.25, -0.2) is 0 Å². The Balaban J connectivity index is 2.08. The lowest BCUT2D eigenvalue weighted by Gasteiger charge is -2.67. The Kier molecular flexibility index (Phi) is 1.73. The van der Waals surface area contributed by atoms with Crippen LogP contribution in [0.25, 0.3) is 0 Å². The van der Waals surface area contributed by atoms with Crippen molar-refractivity contribution in [1.29, 1.82) is 0 Å². The lowest BCUT2D eigenvalue weighted by atomic mass is 9.84. The van der Waals surface area contributed by atoms with Crippen molar-refractivity contribution in [2.24, 2.45) is 5.41 Å². The van der Waals surface area contributed by atoms with Crippen LogP contribution in [0.1, 0.15) is 20.3 Å². The molecule has 0 radical (unpaired) electrons. The minimum atomic E-state index is -0.582. The van der Waals surface area contributed by atoms with E-state index in [4.69, 9.17) is 0 Å². The Hall–Kier alpha value is 0.868. The van der Waals surface area contributed by atoms with Crippen molar-refractivity contribution in [1.82, 2.24) is 0 Å². The molecule has 4 aliphatic heterocycles. The molecular weight excluding hydrogens is 232 g/mol. The van der Waals surface area contributed by atoms with E-state index in [0.29, 0.717) is 17.6 Å². The van der Waals surface area contributed by atoms with Gasteiger partial charge in [-0.05, 0) is 16.9 Å². The predicted octanol–water partition coefficient (Wildman–Crippen LogP) is 1.59. The second-order valence-corrected chi connectivity index (χ2v) is 42.7. The number of rotatable bonds is 0. The average Bonchev–Trinajstić information content (AvgIpc) is 1.67. The van der Waals surface area contributed by atoms with Crippen molar-refractivity contribution in [3.8, 4) is 0 Å². The molecule has 0 spiro atoms. The molecule has 4 saturated heterocycles. The van der Waals surface area contributed by atoms with Gasteiger partial charge in [-0.15, -0.1) is 0 Å². The second-order valence-electron chi connectivity index (χ2n) is 8.30. The third kappa shape index (κ3) is 1.33. The molecule has 0 aromatic rings. The summed E-state index contributed by atoms with van der Waals surface area (Å²) in [6.45, 7) is 11.0. The summed E-state index contributed by atoms with van der Waals surface area (Å²) in [6, 6.07) is 5.37. The fraction of sp³-hybridized carbons (Fsp3) is 1.00. The van der Waals surface area contributed by atoms with E-state index in [1.165, 1.54) is 0 Å². The van der Waals surface area contributed by atoms with Crippen molar-refractivity contribution >= 4 is 32.3 Å². The molecular formula is C10H24Si4. The predicted molar refractivity (Wildman–Crippen MR) is 75.8 cm³/mol. The highest BCUT2D eigenvalue weighted by atomic mass is 29.8. The summed E-state index contributed by atoms with van der Waals surface area (Å²) in [5.41, 5.74) is 0.880. The molecule has 4 heterocycles. The molecule has 80 valence electrons. The lowest BCUT2D eigenvalue weighted by Crippen LogP contribution is -2.75. The second kappa shape index (κ2) is 2.41. The van der Waals surface area contributed by atoms with Crippen LogP contribution in [0.5, 0.6) is 0 Å². The highest BCUT2D eigenvalue weighted by Crippen LogP contribution is 2.64. The van der Waals surface area contributed by atoms with Gasteiger partial charge in [-0.1, -0.05) is 45.1 Å². The summed E-state index contributed by atoms with van der Waals surface area (Å²) < 4.78 is 0. The molecule has 4 atom stereocenters. The number of hydrogen-bond donors (Lipinski definition) is 0. The quantitative estimate of drug-likeness (QED) is 0.578. The summed E-state index contributed by atoms with van der Waals surface area (Å²) in [4.78, 5) is 0. The monoisotopic (exact) mass is 256 g/mol. The van der Waals surface area contributed by atoms with Crippen LogP contribution >= 0.6 is 0 Å². The van der Waals surface area contributed by atoms with E-state index in [0.717, 1.165) is 10.5 Å². The van der Waals surface area contributed by atoms with Gasteiger partial charge in [0.05, 0.1) is 0 Å². The minimum Gasteiger partial charge on any atom is -0.0740 e. The van der Waals surface area contributed by atoms with Crippen LogP contribution in [-0.2, 0) is 0 Å². The average molecular weight is 257 g/mol. The van der Waals surface area contributed by atoms with Crippen LogP contribution in [0.4, 0.5) is 0 Å². The van der Waals surface area contributed by atoms with Gasteiger partial charge in [0.1, 0.15) is 0 Å². The first kappa shape index (κ1) is 10.0. The maximum Gasteiger partial charge on any atom is 0.0351 e. The Morgan fingerprint density at radius 1 is 1.07 bits per heavy atom. The molecule has 0 aliphatic carbocycles. The summed E-state index contributed by atoms with van der Waals surface area (Å²) in [5.74, 6) is 0. The zero-order valence-corrected chi connectivity index (χ0v) is 15.1. The Morgan fingerprint density at radius 3 is 2.29 bits per heavy atom. The molecule has 0 nitrogen and oxygen atoms in total.